The Bertz CT molecular complexity index is 694. The molecular weight excluding hydrogens is 270 g/mol. The molecule has 0 spiro atoms. The minimum atomic E-state index is -1.07. The summed E-state index contributed by atoms with van der Waals surface area (Å²) >= 11 is 0. The highest BCUT2D eigenvalue weighted by atomic mass is 16.4. The maximum atomic E-state index is 12.3. The SMILES string of the molecule is Cc1c(C(=O)N[C@@H](C(=O)O)C(C)(C)C)oc2ccccc12. The third kappa shape index (κ3) is 2.91. The fourth-order valence-corrected chi connectivity index (χ4v) is 2.24. The number of aryl methyl sites for hydroxylation is 1. The summed E-state index contributed by atoms with van der Waals surface area (Å²) in [6, 6.07) is 6.34. The van der Waals surface area contributed by atoms with Crippen molar-refractivity contribution in [3.05, 3.63) is 35.6 Å². The predicted octanol–water partition coefficient (Wildman–Crippen LogP) is 2.97. The fraction of sp³-hybridized carbons (Fsp3) is 0.375. The van der Waals surface area contributed by atoms with E-state index in [1.807, 2.05) is 18.2 Å². The van der Waals surface area contributed by atoms with E-state index >= 15 is 0 Å². The Labute approximate surface area is 122 Å². The van der Waals surface area contributed by atoms with Gasteiger partial charge >= 0.3 is 5.97 Å². The van der Waals surface area contributed by atoms with Crippen molar-refractivity contribution in [3.63, 3.8) is 0 Å². The molecule has 1 heterocycles. The molecule has 2 N–H and O–H groups in total. The standard InChI is InChI=1S/C16H19NO4/c1-9-10-7-5-6-8-11(10)21-12(9)14(18)17-13(15(19)20)16(2,3)4/h5-8,13H,1-4H3,(H,17,18)(H,19,20)/t13-/m0/s1. The summed E-state index contributed by atoms with van der Waals surface area (Å²) in [5.74, 6) is -1.41. The minimum Gasteiger partial charge on any atom is -0.480 e. The van der Waals surface area contributed by atoms with Gasteiger partial charge in [0.2, 0.25) is 0 Å². The number of para-hydroxylation sites is 1. The average molecular weight is 289 g/mol. The van der Waals surface area contributed by atoms with E-state index in [9.17, 15) is 14.7 Å². The summed E-state index contributed by atoms with van der Waals surface area (Å²) in [7, 11) is 0. The van der Waals surface area contributed by atoms with Gasteiger partial charge < -0.3 is 14.8 Å². The van der Waals surface area contributed by atoms with Gasteiger partial charge in [0.15, 0.2) is 5.76 Å². The Balaban J connectivity index is 2.34. The number of carboxylic acid groups (broad SMARTS) is 1. The number of carbonyl (C=O) groups is 2. The molecule has 0 bridgehead atoms. The quantitative estimate of drug-likeness (QED) is 0.910. The van der Waals surface area contributed by atoms with Crippen molar-refractivity contribution in [3.8, 4) is 0 Å². The van der Waals surface area contributed by atoms with E-state index in [4.69, 9.17) is 4.42 Å². The second kappa shape index (κ2) is 5.24. The lowest BCUT2D eigenvalue weighted by atomic mass is 9.86. The number of fused-ring (bicyclic) bond motifs is 1. The number of furan rings is 1. The fourth-order valence-electron chi connectivity index (χ4n) is 2.24. The van der Waals surface area contributed by atoms with Crippen LogP contribution in [0.25, 0.3) is 11.0 Å². The highest BCUT2D eigenvalue weighted by molar-refractivity contribution is 6.00. The molecule has 0 aliphatic heterocycles. The van der Waals surface area contributed by atoms with Crippen molar-refractivity contribution >= 4 is 22.8 Å². The van der Waals surface area contributed by atoms with E-state index < -0.39 is 23.3 Å². The second-order valence-corrected chi connectivity index (χ2v) is 6.16. The van der Waals surface area contributed by atoms with Gasteiger partial charge in [0.1, 0.15) is 11.6 Å². The first kappa shape index (κ1) is 15.1. The van der Waals surface area contributed by atoms with Gasteiger partial charge in [-0.3, -0.25) is 4.79 Å². The molecule has 5 nitrogen and oxygen atoms in total. The summed E-state index contributed by atoms with van der Waals surface area (Å²) in [6.45, 7) is 7.07. The summed E-state index contributed by atoms with van der Waals surface area (Å²) in [6.07, 6.45) is 0. The first-order valence-electron chi connectivity index (χ1n) is 6.73. The van der Waals surface area contributed by atoms with Crippen molar-refractivity contribution < 1.29 is 19.1 Å². The van der Waals surface area contributed by atoms with Crippen LogP contribution in [0, 0.1) is 12.3 Å². The smallest absolute Gasteiger partial charge is 0.326 e. The number of amides is 1. The van der Waals surface area contributed by atoms with Crippen LogP contribution in [0.4, 0.5) is 0 Å². The number of hydrogen-bond donors (Lipinski definition) is 2. The Morgan fingerprint density at radius 2 is 1.86 bits per heavy atom. The van der Waals surface area contributed by atoms with Crippen LogP contribution in [-0.2, 0) is 4.79 Å². The third-order valence-corrected chi connectivity index (χ3v) is 3.44. The highest BCUT2D eigenvalue weighted by Gasteiger charge is 2.34. The molecule has 0 saturated heterocycles. The monoisotopic (exact) mass is 289 g/mol. The van der Waals surface area contributed by atoms with E-state index in [2.05, 4.69) is 5.32 Å². The zero-order valence-electron chi connectivity index (χ0n) is 12.6. The van der Waals surface area contributed by atoms with E-state index in [1.54, 1.807) is 33.8 Å². The number of rotatable bonds is 3. The van der Waals surface area contributed by atoms with Crippen molar-refractivity contribution in [2.45, 2.75) is 33.7 Å². The van der Waals surface area contributed by atoms with Crippen LogP contribution in [-0.4, -0.2) is 23.0 Å². The first-order valence-corrected chi connectivity index (χ1v) is 6.73. The lowest BCUT2D eigenvalue weighted by Gasteiger charge is -2.27. The van der Waals surface area contributed by atoms with Crippen LogP contribution in [0.15, 0.2) is 28.7 Å². The largest absolute Gasteiger partial charge is 0.480 e. The third-order valence-electron chi connectivity index (χ3n) is 3.44. The van der Waals surface area contributed by atoms with E-state index in [0.29, 0.717) is 11.1 Å². The van der Waals surface area contributed by atoms with Crippen LogP contribution in [0.1, 0.15) is 36.9 Å². The molecule has 2 rings (SSSR count). The number of aliphatic carboxylic acids is 1. The number of carbonyl (C=O) groups excluding carboxylic acids is 1. The van der Waals surface area contributed by atoms with Gasteiger partial charge in [0.25, 0.3) is 5.91 Å². The van der Waals surface area contributed by atoms with Gasteiger partial charge in [-0.1, -0.05) is 39.0 Å². The summed E-state index contributed by atoms with van der Waals surface area (Å²) in [4.78, 5) is 23.7. The molecule has 1 aromatic heterocycles. The van der Waals surface area contributed by atoms with Gasteiger partial charge in [-0.05, 0) is 18.4 Å². The zero-order valence-corrected chi connectivity index (χ0v) is 12.6. The van der Waals surface area contributed by atoms with Crippen molar-refractivity contribution in [2.24, 2.45) is 5.41 Å². The molecule has 21 heavy (non-hydrogen) atoms. The average Bonchev–Trinajstić information content (AvgIpc) is 2.72. The molecule has 1 amide bonds. The molecule has 112 valence electrons. The molecule has 0 aliphatic rings. The Hall–Kier alpha value is -2.30. The normalized spacial score (nSPS) is 13.1. The van der Waals surface area contributed by atoms with Gasteiger partial charge in [-0.25, -0.2) is 4.79 Å². The number of carboxylic acids is 1. The molecule has 0 radical (unpaired) electrons. The maximum absolute atomic E-state index is 12.3. The van der Waals surface area contributed by atoms with Gasteiger partial charge in [0.05, 0.1) is 0 Å². The van der Waals surface area contributed by atoms with E-state index in [1.165, 1.54) is 0 Å². The zero-order chi connectivity index (χ0) is 15.8. The van der Waals surface area contributed by atoms with Crippen LogP contribution < -0.4 is 5.32 Å². The van der Waals surface area contributed by atoms with Gasteiger partial charge in [-0.15, -0.1) is 0 Å². The molecule has 0 aliphatic carbocycles. The van der Waals surface area contributed by atoms with E-state index in [-0.39, 0.29) is 5.76 Å². The molecule has 1 atom stereocenters. The topological polar surface area (TPSA) is 79.5 Å². The summed E-state index contributed by atoms with van der Waals surface area (Å²) in [5, 5.41) is 12.7. The molecule has 0 unspecified atom stereocenters. The Kier molecular flexibility index (Phi) is 3.77. The molecule has 0 saturated carbocycles. The minimum absolute atomic E-state index is 0.159. The van der Waals surface area contributed by atoms with Crippen molar-refractivity contribution in [1.29, 1.82) is 0 Å². The maximum Gasteiger partial charge on any atom is 0.326 e. The number of hydrogen-bond acceptors (Lipinski definition) is 3. The van der Waals surface area contributed by atoms with Crippen LogP contribution in [0.2, 0.25) is 0 Å². The summed E-state index contributed by atoms with van der Waals surface area (Å²) < 4.78 is 5.55. The lowest BCUT2D eigenvalue weighted by Crippen LogP contribution is -2.49. The van der Waals surface area contributed by atoms with Crippen LogP contribution >= 0.6 is 0 Å². The van der Waals surface area contributed by atoms with Crippen LogP contribution in [0.3, 0.4) is 0 Å². The number of nitrogens with one attached hydrogen (secondary N) is 1. The molecule has 1 aromatic carbocycles. The lowest BCUT2D eigenvalue weighted by molar-refractivity contribution is -0.142. The Morgan fingerprint density at radius 3 is 2.38 bits per heavy atom. The van der Waals surface area contributed by atoms with E-state index in [0.717, 1.165) is 5.39 Å². The first-order chi connectivity index (χ1) is 9.71. The molecule has 0 fully saturated rings. The Morgan fingerprint density at radius 1 is 1.24 bits per heavy atom. The van der Waals surface area contributed by atoms with Gasteiger partial charge in [0, 0.05) is 10.9 Å². The molecular formula is C16H19NO4. The number of benzene rings is 1. The summed E-state index contributed by atoms with van der Waals surface area (Å²) in [5.41, 5.74) is 0.727. The van der Waals surface area contributed by atoms with Gasteiger partial charge in [-0.2, -0.15) is 0 Å². The highest BCUT2D eigenvalue weighted by Crippen LogP contribution is 2.26. The molecule has 2 aromatic rings. The molecule has 5 heteroatoms. The van der Waals surface area contributed by atoms with Crippen molar-refractivity contribution in [2.75, 3.05) is 0 Å². The van der Waals surface area contributed by atoms with Crippen LogP contribution in [0.5, 0.6) is 0 Å². The predicted molar refractivity (Wildman–Crippen MR) is 79.3 cm³/mol. The second-order valence-electron chi connectivity index (χ2n) is 6.16. The van der Waals surface area contributed by atoms with Crippen molar-refractivity contribution in [1.82, 2.24) is 5.32 Å².